The second-order valence-electron chi connectivity index (χ2n) is 20.2. The number of aliphatic hydroxyl groups excluding tert-OH is 1. The zero-order chi connectivity index (χ0) is 51.0. The molecule has 22 heteroatoms. The lowest BCUT2D eigenvalue weighted by Crippen LogP contribution is -2.67. The van der Waals surface area contributed by atoms with Gasteiger partial charge in [0.1, 0.15) is 30.5 Å². The Morgan fingerprint density at radius 3 is 2.06 bits per heavy atom. The molecule has 3 aromatic carbocycles. The van der Waals surface area contributed by atoms with E-state index in [4.69, 9.17) is 39.2 Å². The molecule has 4 heterocycles. The summed E-state index contributed by atoms with van der Waals surface area (Å²) in [5.41, 5.74) is -1.57. The summed E-state index contributed by atoms with van der Waals surface area (Å²) in [6.07, 6.45) is -5.92. The Kier molecular flexibility index (Phi) is 15.6. The van der Waals surface area contributed by atoms with Gasteiger partial charge in [0.05, 0.1) is 19.1 Å². The molecule has 0 spiro atoms. The fraction of sp³-hybridized carbons (Fsp3) is 0.438. The maximum absolute atomic E-state index is 13.7. The van der Waals surface area contributed by atoms with Crippen LogP contribution in [-0.4, -0.2) is 93.7 Å². The molecule has 2 aliphatic heterocycles. The zero-order valence-electron chi connectivity index (χ0n) is 40.6. The first kappa shape index (κ1) is 53.2. The molecule has 8 atom stereocenters. The number of carbonyl (C=O) groups is 1. The monoisotopic (exact) mass is 1040 g/mol. The molecule has 18 nitrogen and oxygen atoms in total. The van der Waals surface area contributed by atoms with E-state index in [9.17, 15) is 34.3 Å². The Bertz CT molecular complexity index is 2840. The van der Waals surface area contributed by atoms with Crippen LogP contribution in [0.15, 0.2) is 124 Å². The molecule has 1 amide bonds. The first-order valence-corrected chi connectivity index (χ1v) is 30.3. The van der Waals surface area contributed by atoms with E-state index in [2.05, 4.69) is 36.1 Å². The van der Waals surface area contributed by atoms with Gasteiger partial charge in [-0.1, -0.05) is 120 Å². The highest BCUT2D eigenvalue weighted by Gasteiger charge is 2.57. The predicted molar refractivity (Wildman–Crippen MR) is 271 cm³/mol. The topological polar surface area (TPSA) is 235 Å². The fourth-order valence-corrected chi connectivity index (χ4v) is 16.1. The van der Waals surface area contributed by atoms with Crippen LogP contribution in [0.1, 0.15) is 82.8 Å². The third-order valence-electron chi connectivity index (χ3n) is 13.2. The number of carbonyl (C=O) groups excluding carboxylic acids is 1. The van der Waals surface area contributed by atoms with Crippen molar-refractivity contribution in [1.29, 1.82) is 0 Å². The number of ether oxygens (including phenoxy) is 2. The Morgan fingerprint density at radius 2 is 1.50 bits per heavy atom. The molecule has 5 N–H and O–H groups in total. The molecule has 70 heavy (non-hydrogen) atoms. The molecule has 7 rings (SSSR count). The van der Waals surface area contributed by atoms with Crippen molar-refractivity contribution in [3.05, 3.63) is 152 Å². The molecule has 0 radical (unpaired) electrons. The molecule has 2 unspecified atom stereocenters. The summed E-state index contributed by atoms with van der Waals surface area (Å²) in [6.45, 7) is 12.7. The Balaban J connectivity index is 1.21. The molecule has 0 bridgehead atoms. The van der Waals surface area contributed by atoms with Crippen molar-refractivity contribution in [2.45, 2.75) is 127 Å². The van der Waals surface area contributed by atoms with Crippen molar-refractivity contribution in [3.8, 4) is 0 Å². The number of aromatic amines is 1. The Hall–Kier alpha value is -4.59. The van der Waals surface area contributed by atoms with Gasteiger partial charge in [-0.3, -0.25) is 32.8 Å². The summed E-state index contributed by atoms with van der Waals surface area (Å²) >= 11 is 5.56. The number of anilines is 1. The smallest absolute Gasteiger partial charge is 0.351 e. The lowest BCUT2D eigenvalue weighted by molar-refractivity contribution is -0.202. The lowest BCUT2D eigenvalue weighted by Gasteiger charge is -2.44. The number of aryl methyl sites for hydroxylation is 1. The first-order valence-electron chi connectivity index (χ1n) is 22.9. The van der Waals surface area contributed by atoms with E-state index in [0.29, 0.717) is 5.56 Å². The van der Waals surface area contributed by atoms with Crippen molar-refractivity contribution in [3.63, 3.8) is 0 Å². The van der Waals surface area contributed by atoms with E-state index < -0.39 is 101 Å². The Morgan fingerprint density at radius 1 is 0.914 bits per heavy atom. The third kappa shape index (κ3) is 11.4. The van der Waals surface area contributed by atoms with E-state index in [1.165, 1.54) is 30.0 Å². The highest BCUT2D eigenvalue weighted by atomic mass is 32.5. The molecule has 2 saturated heterocycles. The summed E-state index contributed by atoms with van der Waals surface area (Å²) in [6, 6.07) is 29.2. The molecule has 2 fully saturated rings. The highest BCUT2D eigenvalue weighted by Crippen LogP contribution is 2.54. The van der Waals surface area contributed by atoms with E-state index in [0.717, 1.165) is 14.9 Å². The van der Waals surface area contributed by atoms with Crippen molar-refractivity contribution < 1.29 is 47.3 Å². The lowest BCUT2D eigenvalue weighted by atomic mass is 10.1. The summed E-state index contributed by atoms with van der Waals surface area (Å²) < 4.78 is 40.7. The largest absolute Gasteiger partial charge is 0.411 e. The van der Waals surface area contributed by atoms with Crippen molar-refractivity contribution in [2.24, 2.45) is 0 Å². The number of aromatic nitrogens is 4. The van der Waals surface area contributed by atoms with E-state index in [1.54, 1.807) is 30.3 Å². The van der Waals surface area contributed by atoms with Gasteiger partial charge in [0, 0.05) is 29.9 Å². The van der Waals surface area contributed by atoms with Crippen LogP contribution in [0.2, 0.25) is 23.2 Å². The minimum absolute atomic E-state index is 0.0350. The van der Waals surface area contributed by atoms with E-state index in [1.807, 2.05) is 94.5 Å². The number of rotatable bonds is 16. The number of aliphatic hydroxyl groups is 2. The number of H-pyrrole nitrogens is 1. The number of hydrogen-bond acceptors (Lipinski definition) is 14. The number of hydrogen-bond donors (Lipinski definition) is 5. The van der Waals surface area contributed by atoms with Crippen molar-refractivity contribution in [2.75, 3.05) is 11.9 Å². The Labute approximate surface area is 413 Å². The summed E-state index contributed by atoms with van der Waals surface area (Å²) in [4.78, 5) is 70.2. The molecule has 376 valence electrons. The van der Waals surface area contributed by atoms with Gasteiger partial charge in [-0.2, -0.15) is 4.98 Å². The number of nitrogens with zero attached hydrogens (tertiary/aromatic N) is 3. The molecule has 5 aromatic rings. The molecule has 0 aliphatic carbocycles. The van der Waals surface area contributed by atoms with Crippen LogP contribution in [0.3, 0.4) is 0 Å². The van der Waals surface area contributed by atoms with Gasteiger partial charge >= 0.3 is 18.1 Å². The average Bonchev–Trinajstić information content (AvgIpc) is 3.84. The van der Waals surface area contributed by atoms with Crippen LogP contribution in [0, 0.1) is 6.92 Å². The van der Waals surface area contributed by atoms with E-state index in [-0.39, 0.29) is 29.4 Å². The fourth-order valence-electron chi connectivity index (χ4n) is 8.57. The molecule has 2 aliphatic rings. The van der Waals surface area contributed by atoms with Gasteiger partial charge in [-0.25, -0.2) is 9.59 Å². The summed E-state index contributed by atoms with van der Waals surface area (Å²) in [5, 5.41) is 28.2. The van der Waals surface area contributed by atoms with Gasteiger partial charge in [0.15, 0.2) is 14.6 Å². The second kappa shape index (κ2) is 20.5. The average molecular weight is 1040 g/mol. The predicted octanol–water partition coefficient (Wildman–Crippen LogP) is 5.15. The quantitative estimate of drug-likeness (QED) is 0.0488. The van der Waals surface area contributed by atoms with Gasteiger partial charge in [0.2, 0.25) is 5.79 Å². The second-order valence-corrected chi connectivity index (χ2v) is 31.9. The standard InChI is InChI=1S/C48H62N5O13PSSi2/c1-31-29-53(45(58)51-41(31)54)38-27-35(65-69(8,9)46(2,3)4)40(63-38)43(56)64-67(60,68)66-48(59)28-39(52-26-25-37(50-44(52)57)49-42(55)32-19-13-10-14-20-32)62-36(48)30-61-70(47(5,6)7,33-21-15-11-16-22-33)34-23-17-12-18-24-34/h10-26,29,35-36,38-40,43,56,59H,27-28,30H2,1-9H3,(H,60,68)(H,51,54,58)(H,49,50,55,57)/t35-,36+,38+,39+,40-,43?,48+,67?/m0/s1. The zero-order valence-corrected chi connectivity index (χ0v) is 44.3. The van der Waals surface area contributed by atoms with Crippen LogP contribution >= 0.6 is 6.72 Å². The van der Waals surface area contributed by atoms with Gasteiger partial charge in [-0.15, -0.1) is 0 Å². The molecule has 2 aromatic heterocycles. The minimum atomic E-state index is -4.76. The van der Waals surface area contributed by atoms with E-state index >= 15 is 0 Å². The first-order chi connectivity index (χ1) is 32.7. The van der Waals surface area contributed by atoms with Crippen LogP contribution in [0.5, 0.6) is 0 Å². The van der Waals surface area contributed by atoms with Crippen LogP contribution in [-0.2, 0) is 39.2 Å². The normalized spacial score (nSPS) is 23.5. The van der Waals surface area contributed by atoms with Gasteiger partial charge in [-0.05, 0) is 70.5 Å². The highest BCUT2D eigenvalue weighted by molar-refractivity contribution is 8.07. The number of amides is 1. The maximum atomic E-state index is 13.7. The van der Waals surface area contributed by atoms with Crippen LogP contribution in [0.4, 0.5) is 5.82 Å². The maximum Gasteiger partial charge on any atom is 0.351 e. The van der Waals surface area contributed by atoms with Gasteiger partial charge < -0.3 is 38.7 Å². The third-order valence-corrected chi connectivity index (χ3v) is 24.2. The minimum Gasteiger partial charge on any atom is -0.411 e. The van der Waals surface area contributed by atoms with Gasteiger partial charge in [0.25, 0.3) is 19.8 Å². The van der Waals surface area contributed by atoms with Crippen molar-refractivity contribution >= 4 is 57.3 Å². The number of benzene rings is 3. The van der Waals surface area contributed by atoms with Crippen molar-refractivity contribution in [1.82, 2.24) is 19.1 Å². The summed E-state index contributed by atoms with van der Waals surface area (Å²) in [7, 11) is -5.94. The SMILES string of the molecule is Cc1cn([C@H]2C[C@H](O[Si](C)(C)C(C)(C)C)[C@@H](C(O)OP(O)(=S)O[C@]3(O)C[C@H](n4ccc(NC(=O)c5ccccc5)nc4=O)O[C@@H]3CO[Si](c3ccccc3)(c3ccccc3)C(C)(C)C)O2)c(=O)[nH]c1=O. The summed E-state index contributed by atoms with van der Waals surface area (Å²) in [5.74, 6) is -3.07. The van der Waals surface area contributed by atoms with Crippen LogP contribution in [0.25, 0.3) is 0 Å². The number of nitrogens with one attached hydrogen (secondary N) is 2. The molecular formula is C48H62N5O13PSSi2. The van der Waals surface area contributed by atoms with Crippen LogP contribution < -0.4 is 32.6 Å². The molecule has 0 saturated carbocycles. The molecular weight excluding hydrogens is 974 g/mol.